The number of carbonyl (C=O) groups is 1. The maximum atomic E-state index is 14.7. The molecule has 1 fully saturated rings. The summed E-state index contributed by atoms with van der Waals surface area (Å²) in [6, 6.07) is 0. The van der Waals surface area contributed by atoms with Crippen molar-refractivity contribution in [3.63, 3.8) is 0 Å². The monoisotopic (exact) mass is 392 g/mol. The van der Waals surface area contributed by atoms with Crippen LogP contribution in [0.25, 0.3) is 0 Å². The first-order valence-electron chi connectivity index (χ1n) is 8.12. The highest BCUT2D eigenvalue weighted by Crippen LogP contribution is 2.55. The van der Waals surface area contributed by atoms with E-state index in [1.54, 1.807) is 6.92 Å². The molecule has 1 heterocycles. The molecule has 0 aromatic carbocycles. The molecule has 154 valence electrons. The van der Waals surface area contributed by atoms with E-state index in [-0.39, 0.29) is 0 Å². The summed E-state index contributed by atoms with van der Waals surface area (Å²) in [5.74, 6) is -11.2. The lowest BCUT2D eigenvalue weighted by Crippen LogP contribution is -2.76. The minimum absolute atomic E-state index is 0.354. The zero-order chi connectivity index (χ0) is 20.8. The molecule has 0 bridgehead atoms. The van der Waals surface area contributed by atoms with Crippen molar-refractivity contribution in [2.75, 3.05) is 6.61 Å². The van der Waals surface area contributed by atoms with Gasteiger partial charge in [-0.1, -0.05) is 34.6 Å². The molecule has 0 aromatic heterocycles. The van der Waals surface area contributed by atoms with Crippen LogP contribution in [0.3, 0.4) is 0 Å². The molecule has 0 amide bonds. The van der Waals surface area contributed by atoms with Crippen molar-refractivity contribution in [3.05, 3.63) is 0 Å². The molecule has 1 aliphatic heterocycles. The summed E-state index contributed by atoms with van der Waals surface area (Å²) < 4.78 is 83.4. The predicted molar refractivity (Wildman–Crippen MR) is 80.2 cm³/mol. The van der Waals surface area contributed by atoms with Crippen LogP contribution in [0.4, 0.5) is 22.0 Å². The molecular weight excluding hydrogens is 367 g/mol. The summed E-state index contributed by atoms with van der Waals surface area (Å²) in [5.41, 5.74) is -4.14. The van der Waals surface area contributed by atoms with Crippen LogP contribution in [0.2, 0.25) is 0 Å². The third-order valence-electron chi connectivity index (χ3n) is 4.33. The molecule has 0 radical (unpaired) electrons. The third-order valence-corrected chi connectivity index (χ3v) is 4.33. The molecule has 1 N–H and O–H groups in total. The van der Waals surface area contributed by atoms with Gasteiger partial charge in [-0.25, -0.2) is 0 Å². The van der Waals surface area contributed by atoms with Crippen LogP contribution in [0.15, 0.2) is 0 Å². The van der Waals surface area contributed by atoms with Crippen LogP contribution in [0.5, 0.6) is 0 Å². The van der Waals surface area contributed by atoms with Gasteiger partial charge in [0.15, 0.2) is 11.9 Å². The van der Waals surface area contributed by atoms with Gasteiger partial charge < -0.3 is 19.3 Å². The Morgan fingerprint density at radius 3 is 2.12 bits per heavy atom. The van der Waals surface area contributed by atoms with Gasteiger partial charge in [-0.3, -0.25) is 4.79 Å². The first-order chi connectivity index (χ1) is 11.4. The van der Waals surface area contributed by atoms with Crippen LogP contribution in [0.1, 0.15) is 48.0 Å². The highest BCUT2D eigenvalue weighted by Gasteiger charge is 2.81. The predicted octanol–water partition coefficient (Wildman–Crippen LogP) is 3.64. The molecule has 1 rings (SSSR count). The van der Waals surface area contributed by atoms with E-state index in [1.807, 2.05) is 0 Å². The van der Waals surface area contributed by atoms with E-state index in [0.29, 0.717) is 13.3 Å². The minimum Gasteiger partial charge on any atom is -0.462 e. The number of alkyl halides is 5. The highest BCUT2D eigenvalue weighted by atomic mass is 19.4. The summed E-state index contributed by atoms with van der Waals surface area (Å²) >= 11 is 0. The normalized spacial score (nSPS) is 33.6. The molecule has 4 unspecified atom stereocenters. The maximum absolute atomic E-state index is 14.7. The van der Waals surface area contributed by atoms with Gasteiger partial charge in [0.25, 0.3) is 0 Å². The van der Waals surface area contributed by atoms with E-state index in [0.717, 1.165) is 0 Å². The lowest BCUT2D eigenvalue weighted by molar-refractivity contribution is -0.530. The van der Waals surface area contributed by atoms with Crippen LogP contribution in [-0.4, -0.2) is 47.5 Å². The first-order valence-corrected chi connectivity index (χ1v) is 8.12. The standard InChI is InChI=1S/C16H25F5O5/c1-7-9(2)10(22)24-8-13(6)14(17,18)15(23,16(19,20)21)26-11(25-13)12(3,4)5/h9,11,23H,7-8H2,1-6H3. The van der Waals surface area contributed by atoms with Crippen molar-refractivity contribution >= 4 is 5.97 Å². The molecule has 5 nitrogen and oxygen atoms in total. The second-order valence-corrected chi connectivity index (χ2v) is 7.80. The van der Waals surface area contributed by atoms with Crippen molar-refractivity contribution in [1.29, 1.82) is 0 Å². The SMILES string of the molecule is CCC(C)C(=O)OCC1(C)OC(C(C)(C)C)OC(O)(C(F)(F)F)C1(F)F. The van der Waals surface area contributed by atoms with Gasteiger partial charge in [0.1, 0.15) is 6.61 Å². The summed E-state index contributed by atoms with van der Waals surface area (Å²) in [6.45, 7) is 6.78. The molecule has 4 atom stereocenters. The highest BCUT2D eigenvalue weighted by molar-refractivity contribution is 5.71. The first kappa shape index (κ1) is 23.0. The Hall–Kier alpha value is -1.00. The van der Waals surface area contributed by atoms with Gasteiger partial charge >= 0.3 is 23.9 Å². The van der Waals surface area contributed by atoms with Crippen molar-refractivity contribution in [3.8, 4) is 0 Å². The fraction of sp³-hybridized carbons (Fsp3) is 0.938. The maximum Gasteiger partial charge on any atom is 0.449 e. The lowest BCUT2D eigenvalue weighted by Gasteiger charge is -2.54. The Bertz CT molecular complexity index is 530. The average Bonchev–Trinajstić information content (AvgIpc) is 2.47. The van der Waals surface area contributed by atoms with E-state index < -0.39 is 53.7 Å². The quantitative estimate of drug-likeness (QED) is 0.585. The fourth-order valence-corrected chi connectivity index (χ4v) is 2.16. The van der Waals surface area contributed by atoms with Crippen molar-refractivity contribution in [2.45, 2.75) is 77.7 Å². The third kappa shape index (κ3) is 3.82. The number of aliphatic hydroxyl groups is 1. The number of rotatable bonds is 4. The minimum atomic E-state index is -5.81. The molecule has 0 aliphatic carbocycles. The topological polar surface area (TPSA) is 65.0 Å². The van der Waals surface area contributed by atoms with E-state index in [9.17, 15) is 31.9 Å². The Morgan fingerprint density at radius 1 is 1.23 bits per heavy atom. The number of esters is 1. The molecule has 26 heavy (non-hydrogen) atoms. The molecule has 1 aliphatic rings. The molecule has 10 heteroatoms. The van der Waals surface area contributed by atoms with Crippen molar-refractivity contribution < 1.29 is 46.1 Å². The molecule has 1 saturated heterocycles. The van der Waals surface area contributed by atoms with Crippen LogP contribution >= 0.6 is 0 Å². The number of hydrogen-bond donors (Lipinski definition) is 1. The van der Waals surface area contributed by atoms with Crippen LogP contribution in [-0.2, 0) is 19.0 Å². The van der Waals surface area contributed by atoms with Crippen LogP contribution in [0, 0.1) is 11.3 Å². The zero-order valence-corrected chi connectivity index (χ0v) is 15.5. The number of carbonyl (C=O) groups excluding carboxylic acids is 1. The second-order valence-electron chi connectivity index (χ2n) is 7.80. The van der Waals surface area contributed by atoms with Gasteiger partial charge in [0, 0.05) is 5.41 Å². The molecule has 0 aromatic rings. The number of halogens is 5. The smallest absolute Gasteiger partial charge is 0.449 e. The Morgan fingerprint density at radius 2 is 1.73 bits per heavy atom. The average molecular weight is 392 g/mol. The van der Waals surface area contributed by atoms with Gasteiger partial charge in [-0.05, 0) is 13.3 Å². The van der Waals surface area contributed by atoms with Gasteiger partial charge in [-0.2, -0.15) is 22.0 Å². The summed E-state index contributed by atoms with van der Waals surface area (Å²) in [5, 5.41) is 9.81. The zero-order valence-electron chi connectivity index (χ0n) is 15.5. The van der Waals surface area contributed by atoms with Crippen molar-refractivity contribution in [2.24, 2.45) is 11.3 Å². The van der Waals surface area contributed by atoms with E-state index in [4.69, 9.17) is 9.47 Å². The number of ether oxygens (including phenoxy) is 3. The Labute approximate surface area is 148 Å². The summed E-state index contributed by atoms with van der Waals surface area (Å²) in [7, 11) is 0. The molecule has 0 spiro atoms. The molecule has 0 saturated carbocycles. The van der Waals surface area contributed by atoms with E-state index >= 15 is 0 Å². The van der Waals surface area contributed by atoms with Gasteiger partial charge in [0.05, 0.1) is 5.92 Å². The van der Waals surface area contributed by atoms with Gasteiger partial charge in [0.2, 0.25) is 0 Å². The summed E-state index contributed by atoms with van der Waals surface area (Å²) in [6.07, 6.45) is -7.29. The largest absolute Gasteiger partial charge is 0.462 e. The van der Waals surface area contributed by atoms with Gasteiger partial charge in [-0.15, -0.1) is 0 Å². The van der Waals surface area contributed by atoms with E-state index in [2.05, 4.69) is 4.74 Å². The molecular formula is C16H25F5O5. The van der Waals surface area contributed by atoms with Crippen molar-refractivity contribution in [1.82, 2.24) is 0 Å². The van der Waals surface area contributed by atoms with Crippen LogP contribution < -0.4 is 0 Å². The lowest BCUT2D eigenvalue weighted by atomic mass is 9.86. The summed E-state index contributed by atoms with van der Waals surface area (Å²) in [4.78, 5) is 11.8. The number of hydrogen-bond acceptors (Lipinski definition) is 5. The Balaban J connectivity index is 3.31. The Kier molecular flexibility index (Phi) is 6.08. The van der Waals surface area contributed by atoms with E-state index in [1.165, 1.54) is 27.7 Å². The fourth-order valence-electron chi connectivity index (χ4n) is 2.16. The second kappa shape index (κ2) is 6.87.